The number of halogens is 1. The van der Waals surface area contributed by atoms with Crippen LogP contribution in [0.3, 0.4) is 0 Å². The topological polar surface area (TPSA) is 17.0 Å². The van der Waals surface area contributed by atoms with Crippen molar-refractivity contribution in [3.8, 4) is 0 Å². The zero-order valence-corrected chi connectivity index (χ0v) is 11.6. The molecule has 1 aliphatic rings. The summed E-state index contributed by atoms with van der Waals surface area (Å²) >= 11 is 3.68. The van der Waals surface area contributed by atoms with E-state index in [0.717, 1.165) is 6.42 Å². The number of rotatable bonds is 2. The second-order valence-electron chi connectivity index (χ2n) is 4.90. The first kappa shape index (κ1) is 11.3. The fourth-order valence-electron chi connectivity index (χ4n) is 2.83. The highest BCUT2D eigenvalue weighted by Crippen LogP contribution is 2.30. The summed E-state index contributed by atoms with van der Waals surface area (Å²) in [5.41, 5.74) is 2.77. The summed E-state index contributed by atoms with van der Waals surface area (Å²) in [6.07, 6.45) is 5.91. The average molecular weight is 293 g/mol. The van der Waals surface area contributed by atoms with Crippen molar-refractivity contribution in [2.45, 2.75) is 25.3 Å². The molecule has 1 saturated heterocycles. The van der Waals surface area contributed by atoms with Crippen molar-refractivity contribution in [3.05, 3.63) is 34.4 Å². The number of nitrogens with one attached hydrogen (secondary N) is 1. The van der Waals surface area contributed by atoms with E-state index in [1.54, 1.807) is 0 Å². The molecule has 0 aliphatic carbocycles. The fourth-order valence-corrected chi connectivity index (χ4v) is 3.59. The van der Waals surface area contributed by atoms with Gasteiger partial charge in [-0.25, -0.2) is 0 Å². The van der Waals surface area contributed by atoms with Crippen LogP contribution in [-0.4, -0.2) is 17.2 Å². The molecule has 1 atom stereocenters. The van der Waals surface area contributed by atoms with E-state index in [1.807, 2.05) is 0 Å². The number of fused-ring (bicyclic) bond motifs is 1. The van der Waals surface area contributed by atoms with Gasteiger partial charge in [0.05, 0.1) is 0 Å². The van der Waals surface area contributed by atoms with E-state index < -0.39 is 0 Å². The minimum Gasteiger partial charge on any atom is -0.349 e. The monoisotopic (exact) mass is 292 g/mol. The molecule has 0 bridgehead atoms. The van der Waals surface area contributed by atoms with Crippen molar-refractivity contribution >= 4 is 26.8 Å². The van der Waals surface area contributed by atoms with Gasteiger partial charge < -0.3 is 9.88 Å². The summed E-state index contributed by atoms with van der Waals surface area (Å²) in [5.74, 6) is 0. The summed E-state index contributed by atoms with van der Waals surface area (Å²) in [6, 6.07) is 7.27. The maximum Gasteiger partial charge on any atom is 0.0492 e. The van der Waals surface area contributed by atoms with E-state index in [2.05, 4.69) is 57.3 Å². The van der Waals surface area contributed by atoms with Gasteiger partial charge in [0.15, 0.2) is 0 Å². The van der Waals surface area contributed by atoms with Gasteiger partial charge in [-0.2, -0.15) is 0 Å². The molecule has 1 aromatic carbocycles. The zero-order chi connectivity index (χ0) is 11.8. The Balaban J connectivity index is 2.03. The maximum atomic E-state index is 3.68. The second-order valence-corrected chi connectivity index (χ2v) is 5.75. The largest absolute Gasteiger partial charge is 0.349 e. The van der Waals surface area contributed by atoms with Crippen molar-refractivity contribution in [2.75, 3.05) is 6.54 Å². The molecule has 1 unspecified atom stereocenters. The van der Waals surface area contributed by atoms with Crippen LogP contribution in [0, 0.1) is 0 Å². The molecule has 1 aliphatic heterocycles. The van der Waals surface area contributed by atoms with Crippen molar-refractivity contribution < 1.29 is 0 Å². The molecule has 0 saturated carbocycles. The summed E-state index contributed by atoms with van der Waals surface area (Å²) in [7, 11) is 2.10. The predicted octanol–water partition coefficient (Wildman–Crippen LogP) is 3.24. The summed E-state index contributed by atoms with van der Waals surface area (Å²) in [5, 5.41) is 4.95. The average Bonchev–Trinajstić information content (AvgIpc) is 2.90. The van der Waals surface area contributed by atoms with Gasteiger partial charge in [-0.05, 0) is 53.4 Å². The van der Waals surface area contributed by atoms with Crippen LogP contribution in [0.1, 0.15) is 18.4 Å². The van der Waals surface area contributed by atoms with E-state index in [-0.39, 0.29) is 0 Å². The summed E-state index contributed by atoms with van der Waals surface area (Å²) in [6.45, 7) is 1.18. The van der Waals surface area contributed by atoms with Gasteiger partial charge in [-0.3, -0.25) is 0 Å². The van der Waals surface area contributed by atoms with E-state index in [1.165, 1.54) is 40.3 Å². The zero-order valence-electron chi connectivity index (χ0n) is 10.0. The van der Waals surface area contributed by atoms with E-state index >= 15 is 0 Å². The SMILES string of the molecule is Cn1cc(Br)c2c(CC3CCCN3)cccc21. The van der Waals surface area contributed by atoms with Crippen molar-refractivity contribution in [2.24, 2.45) is 7.05 Å². The molecule has 0 radical (unpaired) electrons. The highest BCUT2D eigenvalue weighted by atomic mass is 79.9. The number of hydrogen-bond donors (Lipinski definition) is 1. The smallest absolute Gasteiger partial charge is 0.0492 e. The summed E-state index contributed by atoms with van der Waals surface area (Å²) < 4.78 is 3.40. The van der Waals surface area contributed by atoms with Crippen LogP contribution >= 0.6 is 15.9 Å². The molecule has 2 aromatic rings. The van der Waals surface area contributed by atoms with E-state index in [9.17, 15) is 0 Å². The first-order valence-corrected chi connectivity index (χ1v) is 7.01. The molecule has 0 spiro atoms. The number of aromatic nitrogens is 1. The third-order valence-corrected chi connectivity index (χ3v) is 4.28. The lowest BCUT2D eigenvalue weighted by Gasteiger charge is -2.11. The third-order valence-electron chi connectivity index (χ3n) is 3.68. The van der Waals surface area contributed by atoms with Crippen LogP contribution < -0.4 is 5.32 Å². The van der Waals surface area contributed by atoms with Crippen molar-refractivity contribution in [3.63, 3.8) is 0 Å². The van der Waals surface area contributed by atoms with Crippen LogP contribution in [-0.2, 0) is 13.5 Å². The lowest BCUT2D eigenvalue weighted by Crippen LogP contribution is -2.23. The molecule has 1 fully saturated rings. The second kappa shape index (κ2) is 4.46. The first-order chi connectivity index (χ1) is 8.25. The molecule has 3 rings (SSSR count). The molecule has 90 valence electrons. The van der Waals surface area contributed by atoms with Crippen LogP contribution in [0.2, 0.25) is 0 Å². The Hall–Kier alpha value is -0.800. The molecule has 3 heteroatoms. The van der Waals surface area contributed by atoms with Gasteiger partial charge in [0.2, 0.25) is 0 Å². The maximum absolute atomic E-state index is 3.68. The Bertz CT molecular complexity index is 538. The molecular weight excluding hydrogens is 276 g/mol. The highest BCUT2D eigenvalue weighted by Gasteiger charge is 2.17. The number of hydrogen-bond acceptors (Lipinski definition) is 1. The van der Waals surface area contributed by atoms with Crippen molar-refractivity contribution in [1.29, 1.82) is 0 Å². The lowest BCUT2D eigenvalue weighted by molar-refractivity contribution is 0.605. The molecule has 2 nitrogen and oxygen atoms in total. The Morgan fingerprint density at radius 1 is 1.47 bits per heavy atom. The minimum absolute atomic E-state index is 0.660. The van der Waals surface area contributed by atoms with Gasteiger partial charge in [0.25, 0.3) is 0 Å². The van der Waals surface area contributed by atoms with E-state index in [0.29, 0.717) is 6.04 Å². The highest BCUT2D eigenvalue weighted by molar-refractivity contribution is 9.10. The normalized spacial score (nSPS) is 20.2. The van der Waals surface area contributed by atoms with Gasteiger partial charge in [0, 0.05) is 34.7 Å². The van der Waals surface area contributed by atoms with Crippen LogP contribution in [0.25, 0.3) is 10.9 Å². The van der Waals surface area contributed by atoms with Crippen LogP contribution in [0.5, 0.6) is 0 Å². The Morgan fingerprint density at radius 2 is 2.35 bits per heavy atom. The third kappa shape index (κ3) is 2.02. The Labute approximate surface area is 110 Å². The fraction of sp³-hybridized carbons (Fsp3) is 0.429. The molecule has 2 heterocycles. The lowest BCUT2D eigenvalue weighted by atomic mass is 10.0. The molecular formula is C14H17BrN2. The number of aryl methyl sites for hydroxylation is 1. The van der Waals surface area contributed by atoms with Crippen LogP contribution in [0.4, 0.5) is 0 Å². The Kier molecular flexibility index (Phi) is 2.97. The van der Waals surface area contributed by atoms with Gasteiger partial charge in [-0.15, -0.1) is 0 Å². The van der Waals surface area contributed by atoms with Crippen LogP contribution in [0.15, 0.2) is 28.9 Å². The number of benzene rings is 1. The minimum atomic E-state index is 0.660. The quantitative estimate of drug-likeness (QED) is 0.899. The predicted molar refractivity (Wildman–Crippen MR) is 75.3 cm³/mol. The van der Waals surface area contributed by atoms with E-state index in [4.69, 9.17) is 0 Å². The standard InChI is InChI=1S/C14H17BrN2/c1-17-9-12(15)14-10(4-2-6-13(14)17)8-11-5-3-7-16-11/h2,4,6,9,11,16H,3,5,7-8H2,1H3. The van der Waals surface area contributed by atoms with Gasteiger partial charge in [-0.1, -0.05) is 12.1 Å². The van der Waals surface area contributed by atoms with Gasteiger partial charge >= 0.3 is 0 Å². The molecule has 17 heavy (non-hydrogen) atoms. The Morgan fingerprint density at radius 3 is 3.12 bits per heavy atom. The van der Waals surface area contributed by atoms with Gasteiger partial charge in [0.1, 0.15) is 0 Å². The molecule has 1 aromatic heterocycles. The first-order valence-electron chi connectivity index (χ1n) is 6.21. The molecule has 1 N–H and O–H groups in total. The number of nitrogens with zero attached hydrogens (tertiary/aromatic N) is 1. The molecule has 0 amide bonds. The summed E-state index contributed by atoms with van der Waals surface area (Å²) in [4.78, 5) is 0. The van der Waals surface area contributed by atoms with Crippen molar-refractivity contribution in [1.82, 2.24) is 9.88 Å².